The van der Waals surface area contributed by atoms with Gasteiger partial charge in [-0.15, -0.1) is 11.3 Å². The van der Waals surface area contributed by atoms with Crippen LogP contribution in [-0.2, 0) is 0 Å². The van der Waals surface area contributed by atoms with Crippen LogP contribution in [-0.4, -0.2) is 11.1 Å². The van der Waals surface area contributed by atoms with Crippen molar-refractivity contribution in [1.82, 2.24) is 17.3 Å². The van der Waals surface area contributed by atoms with Gasteiger partial charge < -0.3 is 27.3 Å². The maximum absolute atomic E-state index is 8.33. The second kappa shape index (κ2) is 7.68. The first-order valence-electron chi connectivity index (χ1n) is 3.36. The van der Waals surface area contributed by atoms with Gasteiger partial charge in [0.05, 0.1) is 15.7 Å². The topological polar surface area (TPSA) is 149 Å². The van der Waals surface area contributed by atoms with Gasteiger partial charge >= 0.3 is 0 Å². The fraction of sp³-hybridized carbons (Fsp3) is 0. The first-order chi connectivity index (χ1) is 6.20. The van der Waals surface area contributed by atoms with Crippen LogP contribution in [0.3, 0.4) is 0 Å². The molecule has 2 aromatic rings. The molecule has 0 saturated heterocycles. The minimum absolute atomic E-state index is 0. The van der Waals surface area contributed by atoms with Crippen LogP contribution in [0.25, 0.3) is 10.2 Å². The van der Waals surface area contributed by atoms with E-state index < -0.39 is 6.16 Å². The van der Waals surface area contributed by atoms with Gasteiger partial charge in [0.2, 0.25) is 0 Å². The molecule has 1 aromatic heterocycles. The van der Waals surface area contributed by atoms with Crippen molar-refractivity contribution in [2.45, 2.75) is 0 Å². The summed E-state index contributed by atoms with van der Waals surface area (Å²) in [5.41, 5.74) is 2.97. The summed E-state index contributed by atoms with van der Waals surface area (Å²) in [5.74, 6) is 0. The van der Waals surface area contributed by atoms with Crippen molar-refractivity contribution in [2.24, 2.45) is 0 Å². The van der Waals surface area contributed by atoms with Crippen LogP contribution in [0.15, 0.2) is 29.8 Å². The van der Waals surface area contributed by atoms with Gasteiger partial charge in [-0.3, -0.25) is 0 Å². The molecule has 84 valence electrons. The standard InChI is InChI=1S/C7H5NS.CH2O3.2H3N/c1-2-4-7-6(3-1)8-5-9-7;2-1(3)4;;/h1-5H;(H2,2,3,4);2*1H3. The van der Waals surface area contributed by atoms with E-state index in [4.69, 9.17) is 15.0 Å². The second-order valence-electron chi connectivity index (χ2n) is 2.07. The average Bonchev–Trinajstić information content (AvgIpc) is 2.49. The number of rotatable bonds is 0. The minimum Gasteiger partial charge on any atom is -0.652 e. The van der Waals surface area contributed by atoms with E-state index in [-0.39, 0.29) is 12.3 Å². The summed E-state index contributed by atoms with van der Waals surface area (Å²) < 4.78 is 1.26. The molecule has 0 saturated carbocycles. The van der Waals surface area contributed by atoms with Gasteiger partial charge in [-0.25, -0.2) is 4.98 Å². The zero-order chi connectivity index (χ0) is 9.68. The van der Waals surface area contributed by atoms with E-state index in [1.54, 1.807) is 11.3 Å². The summed E-state index contributed by atoms with van der Waals surface area (Å²) in [4.78, 5) is 12.5. The van der Waals surface area contributed by atoms with Gasteiger partial charge in [0, 0.05) is 0 Å². The van der Waals surface area contributed by atoms with Crippen LogP contribution in [0.4, 0.5) is 4.79 Å². The van der Waals surface area contributed by atoms with E-state index in [0.717, 1.165) is 5.52 Å². The monoisotopic (exact) mass is 231 g/mol. The van der Waals surface area contributed by atoms with Crippen molar-refractivity contribution in [3.8, 4) is 0 Å². The van der Waals surface area contributed by atoms with E-state index >= 15 is 0 Å². The average molecular weight is 231 g/mol. The number of hydrogen-bond acceptors (Lipinski definition) is 5. The lowest BCUT2D eigenvalue weighted by Gasteiger charge is -1.96. The van der Waals surface area contributed by atoms with Gasteiger partial charge in [0.15, 0.2) is 0 Å². The summed E-state index contributed by atoms with van der Waals surface area (Å²) in [5, 5.41) is 16.7. The Hall–Kier alpha value is -1.70. The molecule has 0 atom stereocenters. The highest BCUT2D eigenvalue weighted by molar-refractivity contribution is 7.16. The molecular weight excluding hydrogens is 218 g/mol. The highest BCUT2D eigenvalue weighted by Gasteiger charge is 1.89. The molecule has 8 N–H and O–H groups in total. The molecule has 0 spiro atoms. The highest BCUT2D eigenvalue weighted by atomic mass is 32.1. The smallest absolute Gasteiger partial charge is 0.0812 e. The normalized spacial score (nSPS) is 7.73. The maximum atomic E-state index is 8.33. The van der Waals surface area contributed by atoms with E-state index in [1.165, 1.54) is 4.70 Å². The summed E-state index contributed by atoms with van der Waals surface area (Å²) in [6, 6.07) is 8.13. The Morgan fingerprint density at radius 2 is 1.73 bits per heavy atom. The third kappa shape index (κ3) is 5.57. The molecule has 0 bridgehead atoms. The molecule has 0 aliphatic heterocycles. The van der Waals surface area contributed by atoms with Crippen LogP contribution >= 0.6 is 11.3 Å². The zero-order valence-electron chi connectivity index (χ0n) is 8.47. The molecular formula is C8H13N3O3S. The van der Waals surface area contributed by atoms with Crippen molar-refractivity contribution in [3.63, 3.8) is 0 Å². The number of fused-ring (bicyclic) bond motifs is 1. The molecule has 0 radical (unpaired) electrons. The van der Waals surface area contributed by atoms with Gasteiger partial charge in [-0.2, -0.15) is 0 Å². The number of carbonyl (C=O) groups is 1. The Balaban J connectivity index is 0. The van der Waals surface area contributed by atoms with E-state index in [1.807, 2.05) is 23.7 Å². The number of carbonyl (C=O) groups excluding carboxylic acids is 1. The number of hydrogen-bond donors (Lipinski definition) is 2. The van der Waals surface area contributed by atoms with Gasteiger partial charge in [-0.05, 0) is 18.3 Å². The third-order valence-corrected chi connectivity index (χ3v) is 2.05. The summed E-state index contributed by atoms with van der Waals surface area (Å²) in [6.07, 6.45) is -2.33. The van der Waals surface area contributed by atoms with Crippen LogP contribution in [0, 0.1) is 0 Å². The molecule has 0 unspecified atom stereocenters. The second-order valence-corrected chi connectivity index (χ2v) is 2.96. The Morgan fingerprint density at radius 1 is 1.20 bits per heavy atom. The lowest BCUT2D eigenvalue weighted by molar-refractivity contribution is -0.415. The number of quaternary nitrogens is 2. The van der Waals surface area contributed by atoms with Gasteiger partial charge in [0.1, 0.15) is 0 Å². The number of carboxylic acid groups (broad SMARTS) is 2. The van der Waals surface area contributed by atoms with Crippen molar-refractivity contribution >= 4 is 27.7 Å². The van der Waals surface area contributed by atoms with Crippen molar-refractivity contribution in [3.05, 3.63) is 29.8 Å². The summed E-state index contributed by atoms with van der Waals surface area (Å²) in [6.45, 7) is 0. The molecule has 1 heterocycles. The lowest BCUT2D eigenvalue weighted by atomic mass is 10.3. The molecule has 6 nitrogen and oxygen atoms in total. The Kier molecular flexibility index (Phi) is 8.07. The maximum Gasteiger partial charge on any atom is 0.0812 e. The predicted octanol–water partition coefficient (Wildman–Crippen LogP) is 0.602. The first kappa shape index (κ1) is 15.8. The molecule has 2 rings (SSSR count). The number of benzene rings is 1. The van der Waals surface area contributed by atoms with Crippen LogP contribution < -0.4 is 22.5 Å². The molecule has 0 amide bonds. The molecule has 1 aromatic carbocycles. The lowest BCUT2D eigenvalue weighted by Crippen LogP contribution is -2.37. The van der Waals surface area contributed by atoms with Gasteiger partial charge in [0.25, 0.3) is 0 Å². The molecule has 15 heavy (non-hydrogen) atoms. The zero-order valence-corrected chi connectivity index (χ0v) is 9.28. The number of aromatic nitrogens is 1. The Labute approximate surface area is 90.4 Å². The Bertz CT molecular complexity index is 370. The van der Waals surface area contributed by atoms with Crippen molar-refractivity contribution < 1.29 is 15.0 Å². The number of para-hydroxylation sites is 1. The largest absolute Gasteiger partial charge is 0.652 e. The molecule has 0 fully saturated rings. The fourth-order valence-electron chi connectivity index (χ4n) is 0.803. The summed E-state index contributed by atoms with van der Waals surface area (Å²) in [7, 11) is 0. The van der Waals surface area contributed by atoms with E-state index in [0.29, 0.717) is 0 Å². The summed E-state index contributed by atoms with van der Waals surface area (Å²) >= 11 is 1.68. The number of nitrogens with zero attached hydrogens (tertiary/aromatic N) is 1. The van der Waals surface area contributed by atoms with Crippen LogP contribution in [0.2, 0.25) is 0 Å². The minimum atomic E-state index is -2.33. The highest BCUT2D eigenvalue weighted by Crippen LogP contribution is 2.15. The first-order valence-corrected chi connectivity index (χ1v) is 4.24. The Morgan fingerprint density at radius 3 is 2.27 bits per heavy atom. The van der Waals surface area contributed by atoms with Crippen LogP contribution in [0.5, 0.6) is 0 Å². The SMILES string of the molecule is O=C([O-])[O-].[NH4+].[NH4+].c1ccc2scnc2c1. The molecule has 0 aliphatic rings. The van der Waals surface area contributed by atoms with E-state index in [2.05, 4.69) is 11.1 Å². The van der Waals surface area contributed by atoms with Gasteiger partial charge in [-0.1, -0.05) is 12.1 Å². The van der Waals surface area contributed by atoms with E-state index in [9.17, 15) is 0 Å². The molecule has 7 heteroatoms. The predicted molar refractivity (Wildman–Crippen MR) is 57.0 cm³/mol. The molecule has 0 aliphatic carbocycles. The third-order valence-electron chi connectivity index (χ3n) is 1.24. The van der Waals surface area contributed by atoms with Crippen molar-refractivity contribution in [2.75, 3.05) is 0 Å². The quantitative estimate of drug-likeness (QED) is 0.682. The van der Waals surface area contributed by atoms with Crippen molar-refractivity contribution in [1.29, 1.82) is 0 Å². The number of thiazole rings is 1. The fourth-order valence-corrected chi connectivity index (χ4v) is 1.48. The van der Waals surface area contributed by atoms with Crippen LogP contribution in [0.1, 0.15) is 0 Å².